The number of pyridine rings is 1. The first-order valence-electron chi connectivity index (χ1n) is 5.17. The van der Waals surface area contributed by atoms with Gasteiger partial charge in [0.25, 0.3) is 0 Å². The van der Waals surface area contributed by atoms with Crippen LogP contribution in [0.1, 0.15) is 19.8 Å². The Morgan fingerprint density at radius 1 is 1.67 bits per heavy atom. The second-order valence-electron chi connectivity index (χ2n) is 4.11. The van der Waals surface area contributed by atoms with Crippen molar-refractivity contribution in [3.05, 3.63) is 22.9 Å². The van der Waals surface area contributed by atoms with E-state index in [-0.39, 0.29) is 5.60 Å². The maximum Gasteiger partial charge on any atom is 0.0826 e. The van der Waals surface area contributed by atoms with Crippen LogP contribution >= 0.6 is 15.9 Å². The van der Waals surface area contributed by atoms with Gasteiger partial charge in [-0.15, -0.1) is 0 Å². The van der Waals surface area contributed by atoms with E-state index in [9.17, 15) is 0 Å². The quantitative estimate of drug-likeness (QED) is 0.917. The number of aromatic nitrogens is 1. The Bertz CT molecular complexity index is 337. The molecule has 1 aliphatic rings. The number of halogens is 1. The summed E-state index contributed by atoms with van der Waals surface area (Å²) in [6.07, 6.45) is 5.86. The van der Waals surface area contributed by atoms with E-state index in [2.05, 4.69) is 33.2 Å². The molecule has 15 heavy (non-hydrogen) atoms. The highest BCUT2D eigenvalue weighted by atomic mass is 79.9. The van der Waals surface area contributed by atoms with Gasteiger partial charge in [-0.1, -0.05) is 0 Å². The van der Waals surface area contributed by atoms with Crippen molar-refractivity contribution in [1.82, 2.24) is 4.98 Å². The van der Waals surface area contributed by atoms with E-state index in [0.29, 0.717) is 0 Å². The molecular formula is C11H15BrN2O. The van der Waals surface area contributed by atoms with Crippen LogP contribution < -0.4 is 5.32 Å². The smallest absolute Gasteiger partial charge is 0.0826 e. The highest BCUT2D eigenvalue weighted by molar-refractivity contribution is 9.10. The van der Waals surface area contributed by atoms with Crippen LogP contribution in [0.3, 0.4) is 0 Å². The van der Waals surface area contributed by atoms with Crippen LogP contribution in [0.4, 0.5) is 5.69 Å². The van der Waals surface area contributed by atoms with Crippen molar-refractivity contribution >= 4 is 21.6 Å². The monoisotopic (exact) mass is 270 g/mol. The number of anilines is 1. The van der Waals surface area contributed by atoms with Gasteiger partial charge in [-0.05, 0) is 41.8 Å². The summed E-state index contributed by atoms with van der Waals surface area (Å²) in [4.78, 5) is 4.02. The second kappa shape index (κ2) is 4.49. The summed E-state index contributed by atoms with van der Waals surface area (Å²) in [6, 6.07) is 1.96. The van der Waals surface area contributed by atoms with E-state index in [1.54, 1.807) is 12.4 Å². The molecule has 0 aromatic carbocycles. The normalized spacial score (nSPS) is 25.5. The van der Waals surface area contributed by atoms with Crippen LogP contribution in [0.2, 0.25) is 0 Å². The number of ether oxygens (including phenoxy) is 1. The molecule has 1 N–H and O–H groups in total. The lowest BCUT2D eigenvalue weighted by Crippen LogP contribution is -2.32. The van der Waals surface area contributed by atoms with Gasteiger partial charge in [-0.25, -0.2) is 0 Å². The summed E-state index contributed by atoms with van der Waals surface area (Å²) >= 11 is 3.46. The Balaban J connectivity index is 1.95. The molecule has 0 saturated carbocycles. The summed E-state index contributed by atoms with van der Waals surface area (Å²) in [7, 11) is 0. The molecule has 1 aromatic heterocycles. The maximum absolute atomic E-state index is 5.71. The molecule has 1 aliphatic heterocycles. The molecule has 1 aromatic rings. The molecule has 4 heteroatoms. The van der Waals surface area contributed by atoms with Gasteiger partial charge in [0.15, 0.2) is 0 Å². The molecule has 0 radical (unpaired) electrons. The number of hydrogen-bond acceptors (Lipinski definition) is 3. The summed E-state index contributed by atoms with van der Waals surface area (Å²) in [5, 5.41) is 3.38. The van der Waals surface area contributed by atoms with E-state index in [1.165, 1.54) is 0 Å². The van der Waals surface area contributed by atoms with E-state index in [1.807, 2.05) is 6.07 Å². The molecule has 0 spiro atoms. The molecule has 2 heterocycles. The lowest BCUT2D eigenvalue weighted by Gasteiger charge is -2.24. The van der Waals surface area contributed by atoms with E-state index < -0.39 is 0 Å². The van der Waals surface area contributed by atoms with Crippen LogP contribution in [0, 0.1) is 0 Å². The van der Waals surface area contributed by atoms with Gasteiger partial charge in [0.1, 0.15) is 0 Å². The number of hydrogen-bond donors (Lipinski definition) is 1. The maximum atomic E-state index is 5.71. The fourth-order valence-electron chi connectivity index (χ4n) is 1.78. The minimum absolute atomic E-state index is 0.0112. The first-order chi connectivity index (χ1) is 7.20. The third-order valence-corrected chi connectivity index (χ3v) is 3.36. The first kappa shape index (κ1) is 10.9. The van der Waals surface area contributed by atoms with Crippen molar-refractivity contribution in [1.29, 1.82) is 0 Å². The molecule has 1 saturated heterocycles. The minimum Gasteiger partial charge on any atom is -0.381 e. The van der Waals surface area contributed by atoms with Crippen molar-refractivity contribution in [2.45, 2.75) is 25.4 Å². The summed E-state index contributed by atoms with van der Waals surface area (Å²) in [6.45, 7) is 3.88. The van der Waals surface area contributed by atoms with Crippen molar-refractivity contribution in [2.75, 3.05) is 18.5 Å². The summed E-state index contributed by atoms with van der Waals surface area (Å²) < 4.78 is 6.70. The Morgan fingerprint density at radius 3 is 3.20 bits per heavy atom. The van der Waals surface area contributed by atoms with Gasteiger partial charge in [-0.2, -0.15) is 0 Å². The van der Waals surface area contributed by atoms with Crippen molar-refractivity contribution in [2.24, 2.45) is 0 Å². The van der Waals surface area contributed by atoms with Gasteiger partial charge in [0.2, 0.25) is 0 Å². The Hall–Kier alpha value is -0.610. The number of rotatable bonds is 3. The molecule has 0 aliphatic carbocycles. The molecule has 0 amide bonds. The zero-order valence-corrected chi connectivity index (χ0v) is 10.4. The Kier molecular flexibility index (Phi) is 3.26. The summed E-state index contributed by atoms with van der Waals surface area (Å²) in [5.74, 6) is 0. The molecular weight excluding hydrogens is 256 g/mol. The van der Waals surface area contributed by atoms with Crippen LogP contribution in [0.25, 0.3) is 0 Å². The third-order valence-electron chi connectivity index (χ3n) is 2.73. The lowest BCUT2D eigenvalue weighted by molar-refractivity contribution is 0.0315. The van der Waals surface area contributed by atoms with E-state index in [4.69, 9.17) is 4.74 Å². The average molecular weight is 271 g/mol. The second-order valence-corrected chi connectivity index (χ2v) is 4.97. The van der Waals surface area contributed by atoms with Gasteiger partial charge in [-0.3, -0.25) is 4.98 Å². The summed E-state index contributed by atoms with van der Waals surface area (Å²) in [5.41, 5.74) is 1.06. The van der Waals surface area contributed by atoms with Crippen LogP contribution in [-0.4, -0.2) is 23.7 Å². The number of nitrogens with zero attached hydrogens (tertiary/aromatic N) is 1. The Morgan fingerprint density at radius 2 is 2.53 bits per heavy atom. The largest absolute Gasteiger partial charge is 0.381 e. The van der Waals surface area contributed by atoms with Crippen molar-refractivity contribution < 1.29 is 4.74 Å². The highest BCUT2D eigenvalue weighted by Crippen LogP contribution is 2.27. The van der Waals surface area contributed by atoms with Crippen LogP contribution in [-0.2, 0) is 4.74 Å². The Labute approximate surface area is 98.4 Å². The predicted octanol–water partition coefficient (Wildman–Crippen LogP) is 2.83. The first-order valence-corrected chi connectivity index (χ1v) is 5.96. The SMILES string of the molecule is CC1(CNc2ccncc2Br)CCCO1. The van der Waals surface area contributed by atoms with Gasteiger partial charge < -0.3 is 10.1 Å². The molecule has 82 valence electrons. The molecule has 1 fully saturated rings. The topological polar surface area (TPSA) is 34.2 Å². The molecule has 0 bridgehead atoms. The molecule has 2 rings (SSSR count). The fourth-order valence-corrected chi connectivity index (χ4v) is 2.17. The third kappa shape index (κ3) is 2.69. The minimum atomic E-state index is -0.0112. The van der Waals surface area contributed by atoms with E-state index in [0.717, 1.165) is 36.2 Å². The standard InChI is InChI=1S/C11H15BrN2O/c1-11(4-2-6-15-11)8-14-10-3-5-13-7-9(10)12/h3,5,7H,2,4,6,8H2,1H3,(H,13,14). The zero-order valence-electron chi connectivity index (χ0n) is 8.79. The average Bonchev–Trinajstić information content (AvgIpc) is 2.65. The van der Waals surface area contributed by atoms with E-state index >= 15 is 0 Å². The van der Waals surface area contributed by atoms with Crippen LogP contribution in [0.15, 0.2) is 22.9 Å². The fraction of sp³-hybridized carbons (Fsp3) is 0.545. The molecule has 3 nitrogen and oxygen atoms in total. The highest BCUT2D eigenvalue weighted by Gasteiger charge is 2.29. The van der Waals surface area contributed by atoms with Crippen molar-refractivity contribution in [3.8, 4) is 0 Å². The lowest BCUT2D eigenvalue weighted by atomic mass is 10.0. The number of nitrogens with one attached hydrogen (secondary N) is 1. The van der Waals surface area contributed by atoms with Crippen LogP contribution in [0.5, 0.6) is 0 Å². The predicted molar refractivity (Wildman–Crippen MR) is 64.0 cm³/mol. The van der Waals surface area contributed by atoms with Gasteiger partial charge >= 0.3 is 0 Å². The van der Waals surface area contributed by atoms with Gasteiger partial charge in [0.05, 0.1) is 15.8 Å². The molecule has 1 atom stereocenters. The molecule has 1 unspecified atom stereocenters. The zero-order chi connectivity index (χ0) is 10.7. The van der Waals surface area contributed by atoms with Gasteiger partial charge in [0, 0.05) is 25.5 Å². The van der Waals surface area contributed by atoms with Crippen molar-refractivity contribution in [3.63, 3.8) is 0 Å².